The van der Waals surface area contributed by atoms with Gasteiger partial charge in [-0.3, -0.25) is 19.2 Å². The highest BCUT2D eigenvalue weighted by atomic mass is 35.5. The SMILES string of the molecule is CCOc1ccc(Cc2cc(C3(OC)O[C@H]([C@@H](COC(C)=O)OC(C)=O)[C@H](OC(C)=O)[C@H]3OC(C)=O)ccc2Cl)cc1. The Kier molecular flexibility index (Phi) is 11.3. The van der Waals surface area contributed by atoms with E-state index in [4.69, 9.17) is 44.8 Å². The molecule has 0 amide bonds. The number of halogens is 1. The van der Waals surface area contributed by atoms with Crippen molar-refractivity contribution in [3.8, 4) is 5.75 Å². The molecule has 42 heavy (non-hydrogen) atoms. The van der Waals surface area contributed by atoms with Crippen LogP contribution in [0.2, 0.25) is 5.02 Å². The molecule has 12 heteroatoms. The number of methoxy groups -OCH3 is 1. The highest BCUT2D eigenvalue weighted by molar-refractivity contribution is 6.31. The molecule has 0 aromatic heterocycles. The van der Waals surface area contributed by atoms with E-state index in [1.54, 1.807) is 18.2 Å². The van der Waals surface area contributed by atoms with E-state index in [9.17, 15) is 19.2 Å². The summed E-state index contributed by atoms with van der Waals surface area (Å²) < 4.78 is 39.6. The fourth-order valence-corrected chi connectivity index (χ4v) is 4.98. The standard InChI is InChI=1S/C30H35ClO11/c1-7-37-24-11-8-21(9-12-24)14-22-15-23(10-13-25(22)31)30(36-6)29(41-20(5)35)28(40-19(4)34)27(42-30)26(39-18(3)33)16-38-17(2)32/h8-13,15,26-29H,7,14,16H2,1-6H3/t26-,27-,28+,29-,30?/m1/s1. The minimum absolute atomic E-state index is 0.385. The third-order valence-electron chi connectivity index (χ3n) is 6.42. The third-order valence-corrected chi connectivity index (χ3v) is 6.79. The number of carbonyl (C=O) groups is 4. The van der Waals surface area contributed by atoms with Crippen LogP contribution in [0.3, 0.4) is 0 Å². The van der Waals surface area contributed by atoms with E-state index < -0.39 is 60.7 Å². The maximum absolute atomic E-state index is 12.3. The van der Waals surface area contributed by atoms with Crippen molar-refractivity contribution in [2.45, 2.75) is 71.2 Å². The molecule has 0 aliphatic carbocycles. The van der Waals surface area contributed by atoms with E-state index in [0.29, 0.717) is 29.2 Å². The summed E-state index contributed by atoms with van der Waals surface area (Å²) in [5.41, 5.74) is 2.03. The van der Waals surface area contributed by atoms with Gasteiger partial charge in [-0.05, 0) is 48.7 Å². The minimum Gasteiger partial charge on any atom is -0.494 e. The first-order valence-corrected chi connectivity index (χ1v) is 13.7. The zero-order valence-electron chi connectivity index (χ0n) is 24.3. The lowest BCUT2D eigenvalue weighted by molar-refractivity contribution is -0.268. The van der Waals surface area contributed by atoms with Crippen LogP contribution in [0.5, 0.6) is 5.75 Å². The molecule has 1 saturated heterocycles. The summed E-state index contributed by atoms with van der Waals surface area (Å²) >= 11 is 6.58. The van der Waals surface area contributed by atoms with Crippen molar-refractivity contribution in [1.82, 2.24) is 0 Å². The normalized spacial score (nSPS) is 22.1. The van der Waals surface area contributed by atoms with Crippen LogP contribution in [0.1, 0.15) is 51.3 Å². The van der Waals surface area contributed by atoms with E-state index in [0.717, 1.165) is 18.2 Å². The molecule has 2 aromatic carbocycles. The van der Waals surface area contributed by atoms with E-state index in [1.807, 2.05) is 31.2 Å². The molecule has 0 saturated carbocycles. The third kappa shape index (κ3) is 7.99. The van der Waals surface area contributed by atoms with Gasteiger partial charge in [-0.2, -0.15) is 0 Å². The van der Waals surface area contributed by atoms with Crippen molar-refractivity contribution in [3.63, 3.8) is 0 Å². The first kappa shape index (κ1) is 32.8. The average Bonchev–Trinajstić information content (AvgIpc) is 3.21. The Balaban J connectivity index is 2.10. The largest absolute Gasteiger partial charge is 0.494 e. The van der Waals surface area contributed by atoms with Gasteiger partial charge < -0.3 is 33.2 Å². The van der Waals surface area contributed by atoms with Crippen LogP contribution in [0, 0.1) is 0 Å². The van der Waals surface area contributed by atoms with E-state index in [2.05, 4.69) is 0 Å². The van der Waals surface area contributed by atoms with Crippen LogP contribution >= 0.6 is 11.6 Å². The first-order valence-electron chi connectivity index (χ1n) is 13.3. The maximum Gasteiger partial charge on any atom is 0.303 e. The second kappa shape index (κ2) is 14.5. The molecule has 1 fully saturated rings. The molecule has 1 aliphatic rings. The summed E-state index contributed by atoms with van der Waals surface area (Å²) in [5.74, 6) is -3.89. The summed E-state index contributed by atoms with van der Waals surface area (Å²) in [6, 6.07) is 12.6. The van der Waals surface area contributed by atoms with E-state index in [1.165, 1.54) is 27.9 Å². The molecule has 0 spiro atoms. The van der Waals surface area contributed by atoms with Crippen molar-refractivity contribution in [2.75, 3.05) is 20.3 Å². The van der Waals surface area contributed by atoms with Gasteiger partial charge in [0.05, 0.1) is 6.61 Å². The molecule has 0 bridgehead atoms. The van der Waals surface area contributed by atoms with Crippen molar-refractivity contribution >= 4 is 35.5 Å². The number of hydrogen-bond acceptors (Lipinski definition) is 11. The monoisotopic (exact) mass is 606 g/mol. The smallest absolute Gasteiger partial charge is 0.303 e. The predicted octanol–water partition coefficient (Wildman–Crippen LogP) is 3.89. The lowest BCUT2D eigenvalue weighted by Crippen LogP contribution is -2.48. The summed E-state index contributed by atoms with van der Waals surface area (Å²) in [5, 5.41) is 0.460. The van der Waals surface area contributed by atoms with Gasteiger partial charge in [0.2, 0.25) is 5.79 Å². The predicted molar refractivity (Wildman–Crippen MR) is 149 cm³/mol. The molecule has 0 radical (unpaired) electrons. The second-order valence-electron chi connectivity index (χ2n) is 9.57. The Morgan fingerprint density at radius 1 is 0.929 bits per heavy atom. The Morgan fingerprint density at radius 3 is 2.14 bits per heavy atom. The first-order chi connectivity index (χ1) is 19.9. The summed E-state index contributed by atoms with van der Waals surface area (Å²) in [4.78, 5) is 48.1. The summed E-state index contributed by atoms with van der Waals surface area (Å²) in [6.07, 6.45) is -4.77. The number of rotatable bonds is 12. The molecule has 5 atom stereocenters. The van der Waals surface area contributed by atoms with Crippen molar-refractivity contribution < 1.29 is 52.3 Å². The number of esters is 4. The van der Waals surface area contributed by atoms with Crippen molar-refractivity contribution in [1.29, 1.82) is 0 Å². The highest BCUT2D eigenvalue weighted by Crippen LogP contribution is 2.46. The lowest BCUT2D eigenvalue weighted by atomic mass is 9.93. The van der Waals surface area contributed by atoms with E-state index in [-0.39, 0.29) is 0 Å². The zero-order chi connectivity index (χ0) is 31.0. The van der Waals surface area contributed by atoms with Crippen LogP contribution in [-0.2, 0) is 59.8 Å². The van der Waals surface area contributed by atoms with Gasteiger partial charge >= 0.3 is 23.9 Å². The number of ether oxygens (including phenoxy) is 7. The summed E-state index contributed by atoms with van der Waals surface area (Å²) in [7, 11) is 1.33. The van der Waals surface area contributed by atoms with Crippen LogP contribution in [-0.4, -0.2) is 68.6 Å². The molecule has 0 N–H and O–H groups in total. The topological polar surface area (TPSA) is 133 Å². The summed E-state index contributed by atoms with van der Waals surface area (Å²) in [6.45, 7) is 6.72. The number of carbonyl (C=O) groups excluding carboxylic acids is 4. The number of hydrogen-bond donors (Lipinski definition) is 0. The Morgan fingerprint density at radius 2 is 1.60 bits per heavy atom. The van der Waals surface area contributed by atoms with Crippen LogP contribution in [0.4, 0.5) is 0 Å². The molecule has 1 unspecified atom stereocenters. The molecule has 228 valence electrons. The molecule has 1 aliphatic heterocycles. The fourth-order valence-electron chi connectivity index (χ4n) is 4.80. The van der Waals surface area contributed by atoms with Crippen LogP contribution in [0.25, 0.3) is 0 Å². The van der Waals surface area contributed by atoms with Gasteiger partial charge in [0, 0.05) is 45.4 Å². The molecule has 2 aromatic rings. The van der Waals surface area contributed by atoms with Gasteiger partial charge in [-0.25, -0.2) is 0 Å². The molecular weight excluding hydrogens is 572 g/mol. The second-order valence-corrected chi connectivity index (χ2v) is 9.98. The quantitative estimate of drug-likeness (QED) is 0.257. The van der Waals surface area contributed by atoms with Gasteiger partial charge in [-0.15, -0.1) is 0 Å². The van der Waals surface area contributed by atoms with Crippen molar-refractivity contribution in [3.05, 3.63) is 64.2 Å². The average molecular weight is 607 g/mol. The molecule has 1 heterocycles. The number of benzene rings is 2. The highest BCUT2D eigenvalue weighted by Gasteiger charge is 2.63. The zero-order valence-corrected chi connectivity index (χ0v) is 25.1. The lowest BCUT2D eigenvalue weighted by Gasteiger charge is -2.33. The van der Waals surface area contributed by atoms with E-state index >= 15 is 0 Å². The Hall–Kier alpha value is -3.67. The van der Waals surface area contributed by atoms with Gasteiger partial charge in [0.1, 0.15) is 18.5 Å². The maximum atomic E-state index is 12.3. The van der Waals surface area contributed by atoms with Crippen molar-refractivity contribution in [2.24, 2.45) is 0 Å². The van der Waals surface area contributed by atoms with Gasteiger partial charge in [-0.1, -0.05) is 29.8 Å². The van der Waals surface area contributed by atoms with Gasteiger partial charge in [0.15, 0.2) is 18.3 Å². The van der Waals surface area contributed by atoms with Crippen LogP contribution < -0.4 is 4.74 Å². The van der Waals surface area contributed by atoms with Gasteiger partial charge in [0.25, 0.3) is 0 Å². The molecule has 11 nitrogen and oxygen atoms in total. The fraction of sp³-hybridized carbons (Fsp3) is 0.467. The minimum atomic E-state index is -1.84. The molecule has 3 rings (SSSR count). The Bertz CT molecular complexity index is 1280. The Labute approximate surface area is 249 Å². The molecular formula is C30H35ClO11. The van der Waals surface area contributed by atoms with Crippen LogP contribution in [0.15, 0.2) is 42.5 Å².